The number of H-pyrrole nitrogens is 1. The van der Waals surface area contributed by atoms with Gasteiger partial charge in [0.2, 0.25) is 0 Å². The van der Waals surface area contributed by atoms with Gasteiger partial charge in [0, 0.05) is 22.9 Å². The second-order valence-corrected chi connectivity index (χ2v) is 7.46. The topological polar surface area (TPSA) is 91.0 Å². The molecular formula is C20H19BrN2O4. The summed E-state index contributed by atoms with van der Waals surface area (Å²) < 4.78 is 11.6. The van der Waals surface area contributed by atoms with Gasteiger partial charge in [-0.1, -0.05) is 18.2 Å². The summed E-state index contributed by atoms with van der Waals surface area (Å²) in [5.41, 5.74) is 3.95. The maximum absolute atomic E-state index is 11.7. The molecule has 2 heterocycles. The van der Waals surface area contributed by atoms with Crippen LogP contribution < -0.4 is 19.9 Å². The predicted molar refractivity (Wildman–Crippen MR) is 102 cm³/mol. The third-order valence-corrected chi connectivity index (χ3v) is 5.71. The van der Waals surface area contributed by atoms with Crippen LogP contribution in [-0.4, -0.2) is 31.2 Å². The molecule has 140 valence electrons. The molecule has 0 saturated heterocycles. The number of para-hydroxylation sites is 1. The van der Waals surface area contributed by atoms with Crippen molar-refractivity contribution in [1.82, 2.24) is 4.98 Å². The first-order chi connectivity index (χ1) is 13.0. The number of ether oxygens (including phenoxy) is 2. The number of quaternary nitrogens is 1. The molecule has 0 aliphatic carbocycles. The molecule has 2 aromatic carbocycles. The highest BCUT2D eigenvalue weighted by Crippen LogP contribution is 2.40. The Balaban J connectivity index is 1.90. The average molecular weight is 431 g/mol. The van der Waals surface area contributed by atoms with E-state index >= 15 is 0 Å². The molecular weight excluding hydrogens is 412 g/mol. The van der Waals surface area contributed by atoms with Gasteiger partial charge in [0.25, 0.3) is 0 Å². The third-order valence-electron chi connectivity index (χ3n) is 5.12. The van der Waals surface area contributed by atoms with Crippen LogP contribution in [0.2, 0.25) is 0 Å². The van der Waals surface area contributed by atoms with E-state index in [0.29, 0.717) is 17.9 Å². The van der Waals surface area contributed by atoms with Crippen molar-refractivity contribution < 1.29 is 24.7 Å². The highest BCUT2D eigenvalue weighted by atomic mass is 79.9. The van der Waals surface area contributed by atoms with Crippen molar-refractivity contribution in [3.05, 3.63) is 57.7 Å². The molecule has 0 saturated carbocycles. The summed E-state index contributed by atoms with van der Waals surface area (Å²) in [6.07, 6.45) is 0.423. The number of carboxylic acids is 1. The average Bonchev–Trinajstić information content (AvgIpc) is 3.05. The minimum Gasteiger partial charge on any atom is -0.544 e. The second-order valence-electron chi connectivity index (χ2n) is 6.60. The monoisotopic (exact) mass is 430 g/mol. The van der Waals surface area contributed by atoms with E-state index in [2.05, 4.69) is 20.9 Å². The third kappa shape index (κ3) is 2.96. The highest BCUT2D eigenvalue weighted by Gasteiger charge is 2.35. The lowest BCUT2D eigenvalue weighted by Crippen LogP contribution is -2.95. The van der Waals surface area contributed by atoms with Gasteiger partial charge < -0.3 is 29.7 Å². The van der Waals surface area contributed by atoms with Crippen LogP contribution in [0.3, 0.4) is 0 Å². The minimum atomic E-state index is -1.06. The number of halogens is 1. The molecule has 0 spiro atoms. The van der Waals surface area contributed by atoms with Gasteiger partial charge in [0.05, 0.1) is 30.4 Å². The molecule has 3 N–H and O–H groups in total. The molecule has 0 bridgehead atoms. The fourth-order valence-electron chi connectivity index (χ4n) is 3.88. The first-order valence-corrected chi connectivity index (χ1v) is 9.39. The normalized spacial score (nSPS) is 18.9. The van der Waals surface area contributed by atoms with Gasteiger partial charge in [-0.25, -0.2) is 0 Å². The maximum atomic E-state index is 11.7. The number of nitrogens with two attached hydrogens (primary N) is 1. The Morgan fingerprint density at radius 2 is 2.04 bits per heavy atom. The molecule has 27 heavy (non-hydrogen) atoms. The van der Waals surface area contributed by atoms with Crippen molar-refractivity contribution in [1.29, 1.82) is 0 Å². The summed E-state index contributed by atoms with van der Waals surface area (Å²) in [7, 11) is 3.16. The van der Waals surface area contributed by atoms with Gasteiger partial charge in [0.15, 0.2) is 17.5 Å². The van der Waals surface area contributed by atoms with Crippen LogP contribution in [0.15, 0.2) is 40.9 Å². The number of rotatable bonds is 4. The molecule has 3 aromatic rings. The van der Waals surface area contributed by atoms with Crippen molar-refractivity contribution in [3.63, 3.8) is 0 Å². The molecule has 0 radical (unpaired) electrons. The number of fused-ring (bicyclic) bond motifs is 3. The van der Waals surface area contributed by atoms with Gasteiger partial charge in [-0.2, -0.15) is 0 Å². The van der Waals surface area contributed by atoms with Crippen LogP contribution in [0.25, 0.3) is 10.9 Å². The van der Waals surface area contributed by atoms with Crippen molar-refractivity contribution in [2.45, 2.75) is 18.5 Å². The smallest absolute Gasteiger partial charge is 0.174 e. The van der Waals surface area contributed by atoms with Crippen molar-refractivity contribution in [3.8, 4) is 11.5 Å². The molecule has 1 aliphatic rings. The first-order valence-electron chi connectivity index (χ1n) is 8.60. The zero-order valence-electron chi connectivity index (χ0n) is 14.9. The van der Waals surface area contributed by atoms with Gasteiger partial charge >= 0.3 is 0 Å². The van der Waals surface area contributed by atoms with E-state index in [-0.39, 0.29) is 6.04 Å². The number of hydrogen-bond acceptors (Lipinski definition) is 4. The molecule has 1 aromatic heterocycles. The number of carbonyl (C=O) groups is 1. The van der Waals surface area contributed by atoms with Crippen LogP contribution in [0.5, 0.6) is 11.5 Å². The Morgan fingerprint density at radius 3 is 2.74 bits per heavy atom. The molecule has 0 unspecified atom stereocenters. The molecule has 0 fully saturated rings. The van der Waals surface area contributed by atoms with E-state index in [1.165, 1.54) is 0 Å². The first kappa shape index (κ1) is 17.9. The van der Waals surface area contributed by atoms with E-state index in [4.69, 9.17) is 9.47 Å². The summed E-state index contributed by atoms with van der Waals surface area (Å²) in [6, 6.07) is 10.9. The number of carboxylic acid groups (broad SMARTS) is 1. The van der Waals surface area contributed by atoms with Crippen LogP contribution in [0, 0.1) is 0 Å². The van der Waals surface area contributed by atoms with Gasteiger partial charge in [-0.05, 0) is 39.7 Å². The number of hydrogen-bond donors (Lipinski definition) is 2. The zero-order chi connectivity index (χ0) is 19.1. The van der Waals surface area contributed by atoms with E-state index in [0.717, 1.165) is 32.2 Å². The van der Waals surface area contributed by atoms with E-state index < -0.39 is 12.0 Å². The Bertz CT molecular complexity index is 1030. The quantitative estimate of drug-likeness (QED) is 0.651. The maximum Gasteiger partial charge on any atom is 0.174 e. The van der Waals surface area contributed by atoms with Crippen LogP contribution >= 0.6 is 15.9 Å². The molecule has 7 heteroatoms. The van der Waals surface area contributed by atoms with Crippen molar-refractivity contribution in [2.75, 3.05) is 14.2 Å². The fourth-order valence-corrected chi connectivity index (χ4v) is 4.50. The SMILES string of the molecule is COc1cc([C@@H]2[NH2+][C@H](C(=O)[O-])Cc3c2[nH]c2ccccc32)cc(Br)c1OC. The second kappa shape index (κ2) is 6.90. The van der Waals surface area contributed by atoms with Crippen LogP contribution in [0.4, 0.5) is 0 Å². The lowest BCUT2D eigenvalue weighted by molar-refractivity contribution is -0.717. The molecule has 2 atom stereocenters. The predicted octanol–water partition coefficient (Wildman–Crippen LogP) is 1.28. The van der Waals surface area contributed by atoms with E-state index in [1.54, 1.807) is 14.2 Å². The highest BCUT2D eigenvalue weighted by molar-refractivity contribution is 9.10. The standard InChI is InChI=1S/C20H19BrN2O4/c1-26-16-8-10(7-13(21)19(16)27-2)17-18-12(9-15(23-17)20(24)25)11-5-3-4-6-14(11)22-18/h3-8,15,17,22-23H,9H2,1-2H3,(H,24,25)/t15-,17-/m0/s1. The summed E-state index contributed by atoms with van der Waals surface area (Å²) in [6.45, 7) is 0. The molecule has 6 nitrogen and oxygen atoms in total. The minimum absolute atomic E-state index is 0.222. The van der Waals surface area contributed by atoms with Crippen LogP contribution in [-0.2, 0) is 11.2 Å². The molecule has 4 rings (SSSR count). The Hall–Kier alpha value is -2.51. The summed E-state index contributed by atoms with van der Waals surface area (Å²) in [5, 5.41) is 14.6. The number of aliphatic carboxylic acids is 1. The Morgan fingerprint density at radius 1 is 1.26 bits per heavy atom. The van der Waals surface area contributed by atoms with Crippen molar-refractivity contribution >= 4 is 32.8 Å². The molecule has 1 aliphatic heterocycles. The Labute approximate surface area is 164 Å². The summed E-state index contributed by atoms with van der Waals surface area (Å²) in [5.74, 6) is 0.129. The van der Waals surface area contributed by atoms with Crippen LogP contribution in [0.1, 0.15) is 22.9 Å². The number of carbonyl (C=O) groups excluding carboxylic acids is 1. The largest absolute Gasteiger partial charge is 0.544 e. The summed E-state index contributed by atoms with van der Waals surface area (Å²) >= 11 is 3.53. The Kier molecular flexibility index (Phi) is 4.57. The zero-order valence-corrected chi connectivity index (χ0v) is 16.5. The number of methoxy groups -OCH3 is 2. The number of aromatic amines is 1. The number of nitrogens with one attached hydrogen (secondary N) is 1. The van der Waals surface area contributed by atoms with Gasteiger partial charge in [-0.15, -0.1) is 0 Å². The lowest BCUT2D eigenvalue weighted by atomic mass is 9.90. The van der Waals surface area contributed by atoms with E-state index in [9.17, 15) is 9.90 Å². The number of benzene rings is 2. The van der Waals surface area contributed by atoms with E-state index in [1.807, 2.05) is 41.7 Å². The van der Waals surface area contributed by atoms with Gasteiger partial charge in [-0.3, -0.25) is 0 Å². The number of aromatic nitrogens is 1. The lowest BCUT2D eigenvalue weighted by Gasteiger charge is -2.29. The molecule has 0 amide bonds. The van der Waals surface area contributed by atoms with Crippen molar-refractivity contribution in [2.24, 2.45) is 0 Å². The fraction of sp³-hybridized carbons (Fsp3) is 0.250. The summed E-state index contributed by atoms with van der Waals surface area (Å²) in [4.78, 5) is 15.2. The van der Waals surface area contributed by atoms with Gasteiger partial charge in [0.1, 0.15) is 6.04 Å².